The molecule has 2 aromatic rings. The van der Waals surface area contributed by atoms with E-state index in [1.807, 2.05) is 0 Å². The maximum Gasteiger partial charge on any atom is 0.148 e. The van der Waals surface area contributed by atoms with Crippen molar-refractivity contribution in [1.82, 2.24) is 0 Å². The number of nitrogen functional groups attached to an aromatic ring is 1. The molecular weight excluding hydrogens is 250 g/mol. The number of benzene rings is 2. The molecule has 2 aromatic carbocycles. The first-order valence-corrected chi connectivity index (χ1v) is 5.71. The Bertz CT molecular complexity index is 570. The third-order valence-electron chi connectivity index (χ3n) is 2.72. The molecular formula is C14H14F2N2O. The molecule has 0 amide bonds. The van der Waals surface area contributed by atoms with Crippen LogP contribution < -0.4 is 15.8 Å². The molecule has 3 N–H and O–H groups in total. The average molecular weight is 264 g/mol. The number of methoxy groups -OCH3 is 1. The third-order valence-corrected chi connectivity index (χ3v) is 2.72. The fourth-order valence-electron chi connectivity index (χ4n) is 1.68. The van der Waals surface area contributed by atoms with E-state index in [9.17, 15) is 8.78 Å². The lowest BCUT2D eigenvalue weighted by molar-refractivity contribution is 0.416. The van der Waals surface area contributed by atoms with Crippen molar-refractivity contribution >= 4 is 11.4 Å². The van der Waals surface area contributed by atoms with Crippen LogP contribution in [0.4, 0.5) is 20.2 Å². The molecule has 0 atom stereocenters. The Labute approximate surface area is 110 Å². The molecule has 0 spiro atoms. The second-order valence-corrected chi connectivity index (χ2v) is 4.05. The SMILES string of the molecule is COc1cc(NCc2ccc(F)cc2)c(F)cc1N. The van der Waals surface area contributed by atoms with Crippen LogP contribution in [0.25, 0.3) is 0 Å². The topological polar surface area (TPSA) is 47.3 Å². The standard InChI is InChI=1S/C14H14F2N2O/c1-19-14-7-13(11(16)6-12(14)17)18-8-9-2-4-10(15)5-3-9/h2-7,18H,8,17H2,1H3. The smallest absolute Gasteiger partial charge is 0.148 e. The van der Waals surface area contributed by atoms with Gasteiger partial charge >= 0.3 is 0 Å². The molecule has 0 bridgehead atoms. The molecule has 3 nitrogen and oxygen atoms in total. The summed E-state index contributed by atoms with van der Waals surface area (Å²) in [7, 11) is 1.47. The Hall–Kier alpha value is -2.30. The Kier molecular flexibility index (Phi) is 3.85. The predicted molar refractivity (Wildman–Crippen MR) is 71.1 cm³/mol. The van der Waals surface area contributed by atoms with Gasteiger partial charge < -0.3 is 15.8 Å². The van der Waals surface area contributed by atoms with Gasteiger partial charge in [-0.15, -0.1) is 0 Å². The molecule has 5 heteroatoms. The number of ether oxygens (including phenoxy) is 1. The summed E-state index contributed by atoms with van der Waals surface area (Å²) >= 11 is 0. The van der Waals surface area contributed by atoms with Crippen molar-refractivity contribution in [2.75, 3.05) is 18.2 Å². The average Bonchev–Trinajstić information content (AvgIpc) is 2.40. The normalized spacial score (nSPS) is 10.3. The molecule has 100 valence electrons. The molecule has 0 saturated heterocycles. The lowest BCUT2D eigenvalue weighted by Gasteiger charge is -2.11. The van der Waals surface area contributed by atoms with E-state index in [1.54, 1.807) is 12.1 Å². The van der Waals surface area contributed by atoms with Gasteiger partial charge in [-0.1, -0.05) is 12.1 Å². The molecule has 0 fully saturated rings. The van der Waals surface area contributed by atoms with Crippen LogP contribution in [0.3, 0.4) is 0 Å². The molecule has 19 heavy (non-hydrogen) atoms. The quantitative estimate of drug-likeness (QED) is 0.834. The highest BCUT2D eigenvalue weighted by Gasteiger charge is 2.08. The van der Waals surface area contributed by atoms with Gasteiger partial charge in [0, 0.05) is 18.7 Å². The molecule has 0 radical (unpaired) electrons. The number of rotatable bonds is 4. The zero-order chi connectivity index (χ0) is 13.8. The molecule has 0 heterocycles. The largest absolute Gasteiger partial charge is 0.495 e. The summed E-state index contributed by atoms with van der Waals surface area (Å²) in [6.45, 7) is 0.379. The summed E-state index contributed by atoms with van der Waals surface area (Å²) in [6.07, 6.45) is 0. The minimum absolute atomic E-state index is 0.243. The number of anilines is 2. The van der Waals surface area contributed by atoms with Crippen LogP contribution in [-0.2, 0) is 6.54 Å². The van der Waals surface area contributed by atoms with Gasteiger partial charge in [0.15, 0.2) is 0 Å². The van der Waals surface area contributed by atoms with Crippen LogP contribution >= 0.6 is 0 Å². The summed E-state index contributed by atoms with van der Waals surface area (Å²) in [5.41, 5.74) is 6.96. The maximum absolute atomic E-state index is 13.7. The number of halogens is 2. The Morgan fingerprint density at radius 2 is 1.84 bits per heavy atom. The van der Waals surface area contributed by atoms with Crippen molar-refractivity contribution < 1.29 is 13.5 Å². The van der Waals surface area contributed by atoms with Crippen LogP contribution in [0.2, 0.25) is 0 Å². The van der Waals surface area contributed by atoms with Gasteiger partial charge in [0.05, 0.1) is 18.5 Å². The van der Waals surface area contributed by atoms with Gasteiger partial charge in [-0.05, 0) is 17.7 Å². The van der Waals surface area contributed by atoms with Crippen LogP contribution in [-0.4, -0.2) is 7.11 Å². The first-order valence-electron chi connectivity index (χ1n) is 5.71. The predicted octanol–water partition coefficient (Wildman–Crippen LogP) is 3.17. The number of nitrogens with two attached hydrogens (primary N) is 1. The Balaban J connectivity index is 2.13. The van der Waals surface area contributed by atoms with Gasteiger partial charge in [-0.25, -0.2) is 8.78 Å². The molecule has 0 aliphatic heterocycles. The van der Waals surface area contributed by atoms with E-state index < -0.39 is 5.82 Å². The van der Waals surface area contributed by atoms with E-state index in [2.05, 4.69) is 5.32 Å². The van der Waals surface area contributed by atoms with Crippen LogP contribution in [0.5, 0.6) is 5.75 Å². The van der Waals surface area contributed by atoms with Crippen LogP contribution in [0.1, 0.15) is 5.56 Å². The summed E-state index contributed by atoms with van der Waals surface area (Å²) in [5.74, 6) is -0.354. The highest BCUT2D eigenvalue weighted by Crippen LogP contribution is 2.28. The number of hydrogen-bond acceptors (Lipinski definition) is 3. The number of nitrogens with one attached hydrogen (secondary N) is 1. The van der Waals surface area contributed by atoms with E-state index in [1.165, 1.54) is 31.4 Å². The molecule has 0 aliphatic carbocycles. The summed E-state index contributed by atoms with van der Waals surface area (Å²) < 4.78 is 31.4. The highest BCUT2D eigenvalue weighted by molar-refractivity contribution is 5.62. The number of hydrogen-bond donors (Lipinski definition) is 2. The molecule has 0 aromatic heterocycles. The van der Waals surface area contributed by atoms with Crippen molar-refractivity contribution in [3.63, 3.8) is 0 Å². The highest BCUT2D eigenvalue weighted by atomic mass is 19.1. The lowest BCUT2D eigenvalue weighted by Crippen LogP contribution is -2.03. The summed E-state index contributed by atoms with van der Waals surface area (Å²) in [5, 5.41) is 2.92. The molecule has 0 unspecified atom stereocenters. The fraction of sp³-hybridized carbons (Fsp3) is 0.143. The van der Waals surface area contributed by atoms with Gasteiger partial charge in [-0.2, -0.15) is 0 Å². The summed E-state index contributed by atoms with van der Waals surface area (Å²) in [6, 6.07) is 8.68. The third kappa shape index (κ3) is 3.13. The van der Waals surface area contributed by atoms with Gasteiger partial charge in [0.1, 0.15) is 17.4 Å². The van der Waals surface area contributed by atoms with Crippen LogP contribution in [0, 0.1) is 11.6 Å². The van der Waals surface area contributed by atoms with Crippen LogP contribution in [0.15, 0.2) is 36.4 Å². The zero-order valence-corrected chi connectivity index (χ0v) is 10.4. The van der Waals surface area contributed by atoms with Crippen molar-refractivity contribution in [2.24, 2.45) is 0 Å². The molecule has 0 aliphatic rings. The van der Waals surface area contributed by atoms with Crippen molar-refractivity contribution in [2.45, 2.75) is 6.54 Å². The molecule has 0 saturated carbocycles. The summed E-state index contributed by atoms with van der Waals surface area (Å²) in [4.78, 5) is 0. The van der Waals surface area contributed by atoms with Gasteiger partial charge in [-0.3, -0.25) is 0 Å². The zero-order valence-electron chi connectivity index (χ0n) is 10.4. The Morgan fingerprint density at radius 3 is 2.47 bits per heavy atom. The maximum atomic E-state index is 13.7. The van der Waals surface area contributed by atoms with E-state index >= 15 is 0 Å². The molecule has 2 rings (SSSR count). The lowest BCUT2D eigenvalue weighted by atomic mass is 10.2. The second kappa shape index (κ2) is 5.56. The monoisotopic (exact) mass is 264 g/mol. The van der Waals surface area contributed by atoms with E-state index in [0.29, 0.717) is 12.3 Å². The van der Waals surface area contributed by atoms with Crippen molar-refractivity contribution in [3.8, 4) is 5.75 Å². The minimum Gasteiger partial charge on any atom is -0.495 e. The van der Waals surface area contributed by atoms with Gasteiger partial charge in [0.2, 0.25) is 0 Å². The van der Waals surface area contributed by atoms with E-state index in [-0.39, 0.29) is 17.2 Å². The van der Waals surface area contributed by atoms with E-state index in [0.717, 1.165) is 5.56 Å². The van der Waals surface area contributed by atoms with Crippen molar-refractivity contribution in [1.29, 1.82) is 0 Å². The second-order valence-electron chi connectivity index (χ2n) is 4.05. The van der Waals surface area contributed by atoms with E-state index in [4.69, 9.17) is 10.5 Å². The van der Waals surface area contributed by atoms with Gasteiger partial charge in [0.25, 0.3) is 0 Å². The fourth-order valence-corrected chi connectivity index (χ4v) is 1.68. The minimum atomic E-state index is -0.458. The Morgan fingerprint density at radius 1 is 1.16 bits per heavy atom. The van der Waals surface area contributed by atoms with Crippen molar-refractivity contribution in [3.05, 3.63) is 53.6 Å². The first-order chi connectivity index (χ1) is 9.10. The first kappa shape index (κ1) is 13.1.